The van der Waals surface area contributed by atoms with E-state index in [1.807, 2.05) is 34.6 Å². The van der Waals surface area contributed by atoms with Crippen LogP contribution in [0.4, 0.5) is 4.79 Å². The number of ether oxygens (including phenoxy) is 1. The Kier molecular flexibility index (Phi) is 6.45. The first-order valence-electron chi connectivity index (χ1n) is 7.69. The lowest BCUT2D eigenvalue weighted by Crippen LogP contribution is -2.46. The number of likely N-dealkylation sites (tertiary alicyclic amines) is 1. The molecule has 1 fully saturated rings. The monoisotopic (exact) mass is 299 g/mol. The predicted molar refractivity (Wildman–Crippen MR) is 82.1 cm³/mol. The van der Waals surface area contributed by atoms with Crippen LogP contribution in [0.25, 0.3) is 0 Å². The molecule has 6 nitrogen and oxygen atoms in total. The summed E-state index contributed by atoms with van der Waals surface area (Å²) in [6.07, 6.45) is 1.65. The van der Waals surface area contributed by atoms with E-state index in [-0.39, 0.29) is 30.6 Å². The van der Waals surface area contributed by atoms with Crippen molar-refractivity contribution in [3.8, 4) is 0 Å². The van der Waals surface area contributed by atoms with Gasteiger partial charge in [-0.25, -0.2) is 4.79 Å². The number of hydrogen-bond acceptors (Lipinski definition) is 4. The van der Waals surface area contributed by atoms with E-state index in [0.29, 0.717) is 6.54 Å². The summed E-state index contributed by atoms with van der Waals surface area (Å²) in [6, 6.07) is 0.246. The summed E-state index contributed by atoms with van der Waals surface area (Å²) in [4.78, 5) is 25.4. The molecule has 1 aliphatic heterocycles. The molecule has 0 spiro atoms. The van der Waals surface area contributed by atoms with Crippen molar-refractivity contribution in [2.24, 2.45) is 0 Å². The highest BCUT2D eigenvalue weighted by Crippen LogP contribution is 2.20. The van der Waals surface area contributed by atoms with Crippen LogP contribution in [0.15, 0.2) is 0 Å². The zero-order valence-corrected chi connectivity index (χ0v) is 13.9. The minimum atomic E-state index is -0.477. The van der Waals surface area contributed by atoms with Gasteiger partial charge in [0.1, 0.15) is 5.60 Å². The molecule has 0 radical (unpaired) electrons. The van der Waals surface area contributed by atoms with Crippen LogP contribution in [0.5, 0.6) is 0 Å². The molecule has 6 heteroatoms. The van der Waals surface area contributed by atoms with Gasteiger partial charge in [-0.1, -0.05) is 0 Å². The zero-order chi connectivity index (χ0) is 16.0. The Hall–Kier alpha value is -1.30. The minimum absolute atomic E-state index is 0.0215. The van der Waals surface area contributed by atoms with Crippen LogP contribution in [0.3, 0.4) is 0 Å². The third-order valence-corrected chi connectivity index (χ3v) is 3.12. The third-order valence-electron chi connectivity index (χ3n) is 3.12. The fourth-order valence-corrected chi connectivity index (χ4v) is 2.33. The fourth-order valence-electron chi connectivity index (χ4n) is 2.33. The largest absolute Gasteiger partial charge is 0.444 e. The second kappa shape index (κ2) is 7.64. The SMILES string of the molecule is CC(C)NC(=O)CNCC1CCCN1C(=O)OC(C)(C)C. The molecule has 2 amide bonds. The first-order valence-corrected chi connectivity index (χ1v) is 7.69. The Bertz CT molecular complexity index is 364. The highest BCUT2D eigenvalue weighted by molar-refractivity contribution is 5.78. The normalized spacial score (nSPS) is 19.0. The van der Waals surface area contributed by atoms with E-state index in [0.717, 1.165) is 19.4 Å². The molecule has 0 aromatic carbocycles. The summed E-state index contributed by atoms with van der Waals surface area (Å²) in [5.41, 5.74) is -0.477. The molecule has 1 heterocycles. The Balaban J connectivity index is 2.37. The molecule has 0 aromatic heterocycles. The van der Waals surface area contributed by atoms with Gasteiger partial charge in [0.2, 0.25) is 5.91 Å². The number of nitrogens with zero attached hydrogens (tertiary/aromatic N) is 1. The first-order chi connectivity index (χ1) is 9.69. The molecule has 1 aliphatic rings. The molecule has 1 saturated heterocycles. The smallest absolute Gasteiger partial charge is 0.410 e. The molecule has 1 rings (SSSR count). The van der Waals surface area contributed by atoms with Crippen molar-refractivity contribution in [3.63, 3.8) is 0 Å². The van der Waals surface area contributed by atoms with Gasteiger partial charge >= 0.3 is 6.09 Å². The maximum absolute atomic E-state index is 12.1. The summed E-state index contributed by atoms with van der Waals surface area (Å²) in [5, 5.41) is 5.95. The maximum Gasteiger partial charge on any atom is 0.410 e. The van der Waals surface area contributed by atoms with Crippen molar-refractivity contribution < 1.29 is 14.3 Å². The molecular weight excluding hydrogens is 270 g/mol. The Morgan fingerprint density at radius 1 is 1.33 bits per heavy atom. The average Bonchev–Trinajstić information content (AvgIpc) is 2.73. The number of rotatable bonds is 5. The zero-order valence-electron chi connectivity index (χ0n) is 13.9. The van der Waals surface area contributed by atoms with Crippen molar-refractivity contribution in [2.45, 2.75) is 65.1 Å². The standard InChI is InChI=1S/C15H29N3O3/c1-11(2)17-13(19)10-16-9-12-7-6-8-18(12)14(20)21-15(3,4)5/h11-12,16H,6-10H2,1-5H3,(H,17,19). The summed E-state index contributed by atoms with van der Waals surface area (Å²) in [7, 11) is 0. The highest BCUT2D eigenvalue weighted by atomic mass is 16.6. The molecule has 122 valence electrons. The minimum Gasteiger partial charge on any atom is -0.444 e. The predicted octanol–water partition coefficient (Wildman–Crippen LogP) is 1.50. The fraction of sp³-hybridized carbons (Fsp3) is 0.867. The van der Waals surface area contributed by atoms with Gasteiger partial charge in [-0.3, -0.25) is 4.79 Å². The van der Waals surface area contributed by atoms with E-state index in [4.69, 9.17) is 4.74 Å². The van der Waals surface area contributed by atoms with Crippen LogP contribution in [0, 0.1) is 0 Å². The number of hydrogen-bond donors (Lipinski definition) is 2. The molecule has 1 atom stereocenters. The first kappa shape index (κ1) is 17.8. The second-order valence-corrected chi connectivity index (χ2v) is 6.82. The molecule has 0 aromatic rings. The molecule has 0 bridgehead atoms. The summed E-state index contributed by atoms with van der Waals surface area (Å²) >= 11 is 0. The number of amides is 2. The Morgan fingerprint density at radius 2 is 2.00 bits per heavy atom. The van der Waals surface area contributed by atoms with Crippen molar-refractivity contribution in [2.75, 3.05) is 19.6 Å². The second-order valence-electron chi connectivity index (χ2n) is 6.82. The molecule has 0 saturated carbocycles. The van der Waals surface area contributed by atoms with Crippen molar-refractivity contribution in [1.82, 2.24) is 15.5 Å². The Morgan fingerprint density at radius 3 is 2.57 bits per heavy atom. The van der Waals surface area contributed by atoms with E-state index in [1.165, 1.54) is 0 Å². The van der Waals surface area contributed by atoms with Crippen LogP contribution in [0.2, 0.25) is 0 Å². The van der Waals surface area contributed by atoms with Crippen molar-refractivity contribution in [3.05, 3.63) is 0 Å². The van der Waals surface area contributed by atoms with Gasteiger partial charge in [0.25, 0.3) is 0 Å². The molecule has 1 unspecified atom stereocenters. The van der Waals surface area contributed by atoms with Crippen LogP contribution in [-0.2, 0) is 9.53 Å². The van der Waals surface area contributed by atoms with E-state index in [1.54, 1.807) is 4.90 Å². The van der Waals surface area contributed by atoms with Gasteiger partial charge in [-0.05, 0) is 47.5 Å². The van der Waals surface area contributed by atoms with Crippen LogP contribution in [-0.4, -0.2) is 54.2 Å². The van der Waals surface area contributed by atoms with E-state index in [2.05, 4.69) is 10.6 Å². The molecule has 21 heavy (non-hydrogen) atoms. The van der Waals surface area contributed by atoms with Gasteiger partial charge in [0.05, 0.1) is 6.54 Å². The van der Waals surface area contributed by atoms with Gasteiger partial charge in [-0.15, -0.1) is 0 Å². The van der Waals surface area contributed by atoms with Crippen LogP contribution in [0.1, 0.15) is 47.5 Å². The lowest BCUT2D eigenvalue weighted by Gasteiger charge is -2.28. The van der Waals surface area contributed by atoms with E-state index < -0.39 is 5.60 Å². The average molecular weight is 299 g/mol. The molecule has 0 aliphatic carbocycles. The Labute approximate surface area is 127 Å². The van der Waals surface area contributed by atoms with E-state index >= 15 is 0 Å². The number of nitrogens with one attached hydrogen (secondary N) is 2. The summed E-state index contributed by atoms with van der Waals surface area (Å²) < 4.78 is 5.41. The third kappa shape index (κ3) is 6.80. The quantitative estimate of drug-likeness (QED) is 0.807. The molecule has 2 N–H and O–H groups in total. The lowest BCUT2D eigenvalue weighted by atomic mass is 10.2. The van der Waals surface area contributed by atoms with Crippen molar-refractivity contribution in [1.29, 1.82) is 0 Å². The summed E-state index contributed by atoms with van der Waals surface area (Å²) in [6.45, 7) is 11.1. The summed E-state index contributed by atoms with van der Waals surface area (Å²) in [5.74, 6) is -0.0215. The van der Waals surface area contributed by atoms with Crippen molar-refractivity contribution >= 4 is 12.0 Å². The highest BCUT2D eigenvalue weighted by Gasteiger charge is 2.31. The number of carbonyl (C=O) groups is 2. The van der Waals surface area contributed by atoms with Crippen LogP contribution >= 0.6 is 0 Å². The topological polar surface area (TPSA) is 70.7 Å². The maximum atomic E-state index is 12.1. The van der Waals surface area contributed by atoms with Gasteiger partial charge in [0.15, 0.2) is 0 Å². The van der Waals surface area contributed by atoms with E-state index in [9.17, 15) is 9.59 Å². The van der Waals surface area contributed by atoms with Gasteiger partial charge < -0.3 is 20.3 Å². The number of carbonyl (C=O) groups excluding carboxylic acids is 2. The van der Waals surface area contributed by atoms with Crippen LogP contribution < -0.4 is 10.6 Å². The lowest BCUT2D eigenvalue weighted by molar-refractivity contribution is -0.120. The molecular formula is C15H29N3O3. The van der Waals surface area contributed by atoms with Gasteiger partial charge in [-0.2, -0.15) is 0 Å². The van der Waals surface area contributed by atoms with Gasteiger partial charge in [0, 0.05) is 25.2 Å².